The molecule has 42 heavy (non-hydrogen) atoms. The maximum Gasteiger partial charge on any atom is 2.00 e. The summed E-state index contributed by atoms with van der Waals surface area (Å²) in [6, 6.07) is 13.8. The fraction of sp³-hybridized carbons (Fsp3) is 0.658. The molecule has 2 aromatic rings. The second kappa shape index (κ2) is 20.7. The van der Waals surface area contributed by atoms with Gasteiger partial charge in [-0.1, -0.05) is 147 Å². The molecule has 1 heterocycles. The van der Waals surface area contributed by atoms with Crippen LogP contribution < -0.4 is 0 Å². The zero-order valence-corrected chi connectivity index (χ0v) is 30.3. The van der Waals surface area contributed by atoms with Crippen LogP contribution in [0.2, 0.25) is 0 Å². The molecular weight excluding hydrogens is 525 g/mol. The Morgan fingerprint density at radius 3 is 1.12 bits per heavy atom. The summed E-state index contributed by atoms with van der Waals surface area (Å²) in [5.41, 5.74) is 7.84. The number of ether oxygens (including phenoxy) is 1. The van der Waals surface area contributed by atoms with Crippen LogP contribution >= 0.6 is 0 Å². The molecule has 1 aliphatic carbocycles. The summed E-state index contributed by atoms with van der Waals surface area (Å²) < 4.78 is 4.94. The van der Waals surface area contributed by atoms with Gasteiger partial charge < -0.3 is 21.8 Å². The summed E-state index contributed by atoms with van der Waals surface area (Å²) in [5, 5.41) is 10.5. The Hall–Kier alpha value is -1.23. The first-order chi connectivity index (χ1) is 19.5. The van der Waals surface area contributed by atoms with Crippen molar-refractivity contribution in [3.05, 3.63) is 75.7 Å². The van der Waals surface area contributed by atoms with Gasteiger partial charge in [0.05, 0.1) is 0 Å². The van der Waals surface area contributed by atoms with Gasteiger partial charge in [0.15, 0.2) is 0 Å². The maximum absolute atomic E-state index is 5.24. The second-order valence-corrected chi connectivity index (χ2v) is 13.3. The van der Waals surface area contributed by atoms with Crippen molar-refractivity contribution in [1.29, 1.82) is 0 Å². The number of hydrogen-bond donors (Lipinski definition) is 0. The average Bonchev–Trinajstić information content (AvgIpc) is 3.68. The van der Waals surface area contributed by atoms with E-state index in [4.69, 9.17) is 15.4 Å². The third kappa shape index (κ3) is 13.2. The van der Waals surface area contributed by atoms with Gasteiger partial charge in [0.25, 0.3) is 0 Å². The van der Waals surface area contributed by atoms with Crippen LogP contribution in [-0.2, 0) is 4.74 Å². The predicted octanol–water partition coefficient (Wildman–Crippen LogP) is 12.2. The van der Waals surface area contributed by atoms with E-state index in [1.54, 1.807) is 0 Å². The molecule has 4 rings (SSSR count). The molecule has 2 atom stereocenters. The van der Waals surface area contributed by atoms with Crippen molar-refractivity contribution in [2.75, 3.05) is 13.2 Å². The Balaban J connectivity index is 0.000000668. The number of rotatable bonds is 10. The van der Waals surface area contributed by atoms with E-state index >= 15 is 0 Å². The number of nitrogens with zero attached hydrogens (tertiary/aromatic N) is 2. The molecule has 2 fully saturated rings. The first-order valence-corrected chi connectivity index (χ1v) is 16.6. The van der Waals surface area contributed by atoms with Crippen LogP contribution in [-0.4, -0.2) is 48.4 Å². The van der Waals surface area contributed by atoms with Crippen molar-refractivity contribution in [2.24, 2.45) is 0 Å². The summed E-state index contributed by atoms with van der Waals surface area (Å²) >= 11 is 0. The van der Waals surface area contributed by atoms with Crippen LogP contribution in [0, 0.1) is 6.42 Å². The molecular formula is C38H61MgN2O-. The Morgan fingerprint density at radius 2 is 0.905 bits per heavy atom. The SMILES string of the molecule is C1CCOC1.CC(CC(C)[N-]c1c(C(C)C)cccc1C(C)C)[N-]c1c(C(C)C)cccc1C(C)C.[CH-]1CCCC1.[Mg+2]. The average molecular weight is 586 g/mol. The molecule has 0 radical (unpaired) electrons. The van der Waals surface area contributed by atoms with E-state index in [-0.39, 0.29) is 35.1 Å². The van der Waals surface area contributed by atoms with Crippen LogP contribution in [0.5, 0.6) is 0 Å². The number of hydrogen-bond acceptors (Lipinski definition) is 1. The monoisotopic (exact) mass is 585 g/mol. The minimum Gasteiger partial charge on any atom is -0.681 e. The third-order valence-electron chi connectivity index (χ3n) is 7.96. The Labute approximate surface area is 276 Å². The third-order valence-corrected chi connectivity index (χ3v) is 7.96. The summed E-state index contributed by atoms with van der Waals surface area (Å²) in [5.74, 6) is 1.88. The molecule has 0 spiro atoms. The van der Waals surface area contributed by atoms with E-state index in [9.17, 15) is 0 Å². The van der Waals surface area contributed by atoms with Crippen LogP contribution in [0.1, 0.15) is 160 Å². The van der Waals surface area contributed by atoms with E-state index in [2.05, 4.69) is 112 Å². The van der Waals surface area contributed by atoms with Gasteiger partial charge in [-0.25, -0.2) is 0 Å². The van der Waals surface area contributed by atoms with Gasteiger partial charge in [0.2, 0.25) is 0 Å². The molecule has 2 unspecified atom stereocenters. The molecule has 2 aromatic carbocycles. The Bertz CT molecular complexity index is 845. The summed E-state index contributed by atoms with van der Waals surface area (Å²) in [6.07, 6.45) is 11.5. The molecule has 3 nitrogen and oxygen atoms in total. The molecule has 1 saturated carbocycles. The molecule has 0 aromatic heterocycles. The van der Waals surface area contributed by atoms with Gasteiger partial charge in [-0.15, -0.1) is 23.5 Å². The largest absolute Gasteiger partial charge is 2.00 e. The van der Waals surface area contributed by atoms with E-state index in [0.29, 0.717) is 23.7 Å². The topological polar surface area (TPSA) is 37.4 Å². The minimum atomic E-state index is 0. The van der Waals surface area contributed by atoms with E-state index in [1.807, 2.05) is 0 Å². The van der Waals surface area contributed by atoms with Crippen molar-refractivity contribution >= 4 is 34.4 Å². The molecule has 232 valence electrons. The number of para-hydroxylation sites is 2. The van der Waals surface area contributed by atoms with Gasteiger partial charge in [0.1, 0.15) is 0 Å². The smallest absolute Gasteiger partial charge is 0.681 e. The van der Waals surface area contributed by atoms with Crippen molar-refractivity contribution < 1.29 is 4.74 Å². The maximum atomic E-state index is 5.24. The molecule has 4 heteroatoms. The Kier molecular flexibility index (Phi) is 19.1. The standard InChI is InChI=1S/C29H44N2.C5H9.C4H8O.Mg/c1-18(2)24-13-11-14-25(19(3)4)28(24)30-22(9)17-23(10)31-29-26(20(5)6)15-12-16-27(29)21(7)8;2*1-2-4-5-3-1;/h11-16,18-23H,17H2,1-10H3;1H,2-5H2;1-4H2;/q-2;-1;;+2. The van der Waals surface area contributed by atoms with Crippen LogP contribution in [0.25, 0.3) is 10.6 Å². The summed E-state index contributed by atoms with van der Waals surface area (Å²) in [4.78, 5) is 0. The van der Waals surface area contributed by atoms with Gasteiger partial charge in [-0.3, -0.25) is 0 Å². The van der Waals surface area contributed by atoms with Crippen molar-refractivity contribution in [2.45, 2.75) is 150 Å². The summed E-state index contributed by atoms with van der Waals surface area (Å²) in [6.45, 7) is 24.6. The van der Waals surface area contributed by atoms with Crippen molar-refractivity contribution in [3.63, 3.8) is 0 Å². The quantitative estimate of drug-likeness (QED) is 0.202. The summed E-state index contributed by atoms with van der Waals surface area (Å²) in [7, 11) is 0. The van der Waals surface area contributed by atoms with Gasteiger partial charge in [-0.05, 0) is 36.5 Å². The van der Waals surface area contributed by atoms with Gasteiger partial charge >= 0.3 is 23.1 Å². The van der Waals surface area contributed by atoms with Crippen LogP contribution in [0.15, 0.2) is 36.4 Å². The zero-order valence-electron chi connectivity index (χ0n) is 28.9. The second-order valence-electron chi connectivity index (χ2n) is 13.3. The molecule has 0 bridgehead atoms. The minimum absolute atomic E-state index is 0. The fourth-order valence-electron chi connectivity index (χ4n) is 5.59. The molecule has 0 amide bonds. The first-order valence-electron chi connectivity index (χ1n) is 16.6. The van der Waals surface area contributed by atoms with Crippen molar-refractivity contribution in [1.82, 2.24) is 0 Å². The zero-order chi connectivity index (χ0) is 30.4. The molecule has 0 N–H and O–H groups in total. The first kappa shape index (κ1) is 38.8. The van der Waals surface area contributed by atoms with E-state index in [0.717, 1.165) is 19.6 Å². The Morgan fingerprint density at radius 1 is 0.571 bits per heavy atom. The van der Waals surface area contributed by atoms with Crippen LogP contribution in [0.3, 0.4) is 0 Å². The molecule has 2 aliphatic rings. The van der Waals surface area contributed by atoms with Crippen molar-refractivity contribution in [3.8, 4) is 0 Å². The van der Waals surface area contributed by atoms with Crippen LogP contribution in [0.4, 0.5) is 11.4 Å². The normalized spacial score (nSPS) is 16.0. The van der Waals surface area contributed by atoms with E-state index in [1.165, 1.54) is 72.2 Å². The van der Waals surface area contributed by atoms with Gasteiger partial charge in [0, 0.05) is 13.2 Å². The fourth-order valence-corrected chi connectivity index (χ4v) is 5.59. The van der Waals surface area contributed by atoms with E-state index < -0.39 is 0 Å². The number of benzene rings is 2. The predicted molar refractivity (Wildman–Crippen MR) is 187 cm³/mol. The van der Waals surface area contributed by atoms with Gasteiger partial charge in [-0.2, -0.15) is 12.8 Å². The molecule has 1 aliphatic heterocycles. The molecule has 1 saturated heterocycles.